The molecular formula is C14H20N2. The van der Waals surface area contributed by atoms with E-state index < -0.39 is 0 Å². The normalized spacial score (nSPS) is 11.4. The summed E-state index contributed by atoms with van der Waals surface area (Å²) in [4.78, 5) is 0. The van der Waals surface area contributed by atoms with Crippen molar-refractivity contribution in [3.05, 3.63) is 30.0 Å². The van der Waals surface area contributed by atoms with Crippen LogP contribution in [0.3, 0.4) is 0 Å². The van der Waals surface area contributed by atoms with E-state index in [1.165, 1.54) is 36.6 Å². The lowest BCUT2D eigenvalue weighted by atomic mass is 9.88. The molecule has 1 aromatic heterocycles. The molecule has 0 aliphatic heterocycles. The van der Waals surface area contributed by atoms with Crippen LogP contribution in [0.4, 0.5) is 0 Å². The number of aromatic amines is 1. The number of benzene rings is 1. The Hall–Kier alpha value is -1.31. The van der Waals surface area contributed by atoms with Crippen molar-refractivity contribution >= 4 is 10.9 Å². The molecule has 2 rings (SSSR count). The molecule has 86 valence electrons. The number of H-pyrrole nitrogens is 1. The zero-order valence-corrected chi connectivity index (χ0v) is 10.2. The van der Waals surface area contributed by atoms with Crippen LogP contribution in [-0.2, 0) is 0 Å². The lowest BCUT2D eigenvalue weighted by Gasteiger charge is -2.16. The van der Waals surface area contributed by atoms with Crippen LogP contribution >= 0.6 is 0 Å². The van der Waals surface area contributed by atoms with E-state index in [1.54, 1.807) is 0 Å². The minimum Gasteiger partial charge on any atom is -0.278 e. The molecule has 0 bridgehead atoms. The van der Waals surface area contributed by atoms with Gasteiger partial charge in [-0.15, -0.1) is 0 Å². The third-order valence-corrected chi connectivity index (χ3v) is 3.23. The Bertz CT molecular complexity index is 439. The molecule has 0 atom stereocenters. The molecule has 0 saturated heterocycles. The van der Waals surface area contributed by atoms with Gasteiger partial charge < -0.3 is 0 Å². The zero-order valence-electron chi connectivity index (χ0n) is 10.2. The first-order chi connectivity index (χ1) is 7.86. The Balaban J connectivity index is 2.38. The number of nitrogens with one attached hydrogen (secondary N) is 1. The molecule has 16 heavy (non-hydrogen) atoms. The van der Waals surface area contributed by atoms with Gasteiger partial charge in [0.1, 0.15) is 0 Å². The summed E-state index contributed by atoms with van der Waals surface area (Å²) < 4.78 is 0. The van der Waals surface area contributed by atoms with Crippen molar-refractivity contribution in [1.29, 1.82) is 0 Å². The van der Waals surface area contributed by atoms with Gasteiger partial charge in [0, 0.05) is 5.39 Å². The number of hydrogen-bond donors (Lipinski definition) is 1. The van der Waals surface area contributed by atoms with E-state index in [0.717, 1.165) is 5.52 Å². The molecule has 2 aromatic rings. The van der Waals surface area contributed by atoms with E-state index >= 15 is 0 Å². The summed E-state index contributed by atoms with van der Waals surface area (Å²) in [6, 6.07) is 6.49. The van der Waals surface area contributed by atoms with Gasteiger partial charge in [0.25, 0.3) is 0 Å². The molecule has 0 saturated carbocycles. The molecule has 1 N–H and O–H groups in total. The van der Waals surface area contributed by atoms with Gasteiger partial charge in [-0.3, -0.25) is 5.10 Å². The fourth-order valence-corrected chi connectivity index (χ4v) is 2.50. The third-order valence-electron chi connectivity index (χ3n) is 3.23. The second kappa shape index (κ2) is 5.15. The number of nitrogens with zero attached hydrogens (tertiary/aromatic N) is 1. The van der Waals surface area contributed by atoms with E-state index in [-0.39, 0.29) is 0 Å². The Morgan fingerprint density at radius 3 is 2.62 bits per heavy atom. The maximum atomic E-state index is 4.14. The first-order valence-corrected chi connectivity index (χ1v) is 6.28. The molecule has 0 spiro atoms. The van der Waals surface area contributed by atoms with Crippen molar-refractivity contribution in [2.45, 2.75) is 45.4 Å². The first kappa shape index (κ1) is 11.2. The van der Waals surface area contributed by atoms with E-state index in [9.17, 15) is 0 Å². The maximum Gasteiger partial charge on any atom is 0.0653 e. The van der Waals surface area contributed by atoms with E-state index in [2.05, 4.69) is 42.2 Å². The van der Waals surface area contributed by atoms with Crippen LogP contribution in [0.25, 0.3) is 10.9 Å². The van der Waals surface area contributed by atoms with Crippen LogP contribution in [0.1, 0.15) is 51.0 Å². The lowest BCUT2D eigenvalue weighted by Crippen LogP contribution is -1.98. The highest BCUT2D eigenvalue weighted by Crippen LogP contribution is 2.31. The molecule has 0 aliphatic rings. The van der Waals surface area contributed by atoms with Gasteiger partial charge in [-0.2, -0.15) is 5.10 Å². The maximum absolute atomic E-state index is 4.14. The highest BCUT2D eigenvalue weighted by molar-refractivity contribution is 5.82. The van der Waals surface area contributed by atoms with Gasteiger partial charge in [-0.1, -0.05) is 38.8 Å². The molecule has 2 heteroatoms. The summed E-state index contributed by atoms with van der Waals surface area (Å²) >= 11 is 0. The fourth-order valence-electron chi connectivity index (χ4n) is 2.50. The molecule has 1 heterocycles. The van der Waals surface area contributed by atoms with Gasteiger partial charge in [0.15, 0.2) is 0 Å². The van der Waals surface area contributed by atoms with Gasteiger partial charge in [0.05, 0.1) is 11.7 Å². The van der Waals surface area contributed by atoms with Crippen LogP contribution in [-0.4, -0.2) is 10.2 Å². The number of aromatic nitrogens is 2. The summed E-state index contributed by atoms with van der Waals surface area (Å²) in [5, 5.41) is 8.49. The van der Waals surface area contributed by atoms with Crippen LogP contribution in [0, 0.1) is 0 Å². The number of fused-ring (bicyclic) bond motifs is 1. The monoisotopic (exact) mass is 216 g/mol. The van der Waals surface area contributed by atoms with Gasteiger partial charge in [-0.25, -0.2) is 0 Å². The summed E-state index contributed by atoms with van der Waals surface area (Å²) in [5.74, 6) is 0.691. The predicted octanol–water partition coefficient (Wildman–Crippen LogP) is 4.25. The summed E-state index contributed by atoms with van der Waals surface area (Å²) in [5.41, 5.74) is 2.63. The zero-order chi connectivity index (χ0) is 11.4. The second-order valence-electron chi connectivity index (χ2n) is 4.45. The Morgan fingerprint density at radius 1 is 1.19 bits per heavy atom. The van der Waals surface area contributed by atoms with Crippen LogP contribution in [0.15, 0.2) is 24.4 Å². The van der Waals surface area contributed by atoms with Crippen LogP contribution in [0.5, 0.6) is 0 Å². The molecule has 0 unspecified atom stereocenters. The van der Waals surface area contributed by atoms with Crippen molar-refractivity contribution in [3.63, 3.8) is 0 Å². The first-order valence-electron chi connectivity index (χ1n) is 6.28. The van der Waals surface area contributed by atoms with Crippen LogP contribution in [0.2, 0.25) is 0 Å². The quantitative estimate of drug-likeness (QED) is 0.795. The fraction of sp³-hybridized carbons (Fsp3) is 0.500. The minimum atomic E-state index is 0.691. The number of hydrogen-bond acceptors (Lipinski definition) is 1. The van der Waals surface area contributed by atoms with E-state index in [4.69, 9.17) is 0 Å². The van der Waals surface area contributed by atoms with E-state index in [0.29, 0.717) is 5.92 Å². The third kappa shape index (κ3) is 2.11. The smallest absolute Gasteiger partial charge is 0.0653 e. The molecule has 1 aromatic carbocycles. The number of rotatable bonds is 5. The second-order valence-corrected chi connectivity index (χ2v) is 4.45. The molecule has 0 amide bonds. The average molecular weight is 216 g/mol. The predicted molar refractivity (Wildman–Crippen MR) is 68.7 cm³/mol. The SMILES string of the molecule is CCCC(CCC)c1cccc2[nH]ncc12. The average Bonchev–Trinajstić information content (AvgIpc) is 2.76. The molecule has 0 radical (unpaired) electrons. The highest BCUT2D eigenvalue weighted by Gasteiger charge is 2.13. The lowest BCUT2D eigenvalue weighted by molar-refractivity contribution is 0.564. The summed E-state index contributed by atoms with van der Waals surface area (Å²) in [6.45, 7) is 4.52. The van der Waals surface area contributed by atoms with Gasteiger partial charge in [-0.05, 0) is 30.4 Å². The molecule has 2 nitrogen and oxygen atoms in total. The van der Waals surface area contributed by atoms with E-state index in [1.807, 2.05) is 6.20 Å². The minimum absolute atomic E-state index is 0.691. The van der Waals surface area contributed by atoms with Crippen molar-refractivity contribution in [3.8, 4) is 0 Å². The highest BCUT2D eigenvalue weighted by atomic mass is 15.1. The Kier molecular flexibility index (Phi) is 3.60. The van der Waals surface area contributed by atoms with Crippen molar-refractivity contribution in [2.75, 3.05) is 0 Å². The Labute approximate surface area is 97.1 Å². The van der Waals surface area contributed by atoms with Crippen molar-refractivity contribution in [2.24, 2.45) is 0 Å². The summed E-state index contributed by atoms with van der Waals surface area (Å²) in [6.07, 6.45) is 7.01. The summed E-state index contributed by atoms with van der Waals surface area (Å²) in [7, 11) is 0. The van der Waals surface area contributed by atoms with Crippen molar-refractivity contribution in [1.82, 2.24) is 10.2 Å². The van der Waals surface area contributed by atoms with Crippen molar-refractivity contribution < 1.29 is 0 Å². The largest absolute Gasteiger partial charge is 0.278 e. The standard InChI is InChI=1S/C14H20N2/c1-3-6-11(7-4-2)12-8-5-9-14-13(12)10-15-16-14/h5,8-11H,3-4,6-7H2,1-2H3,(H,15,16). The Morgan fingerprint density at radius 2 is 1.94 bits per heavy atom. The topological polar surface area (TPSA) is 28.7 Å². The molecule has 0 aliphatic carbocycles. The van der Waals surface area contributed by atoms with Gasteiger partial charge in [0.2, 0.25) is 0 Å². The van der Waals surface area contributed by atoms with Crippen LogP contribution < -0.4 is 0 Å². The molecule has 0 fully saturated rings. The molecular weight excluding hydrogens is 196 g/mol. The van der Waals surface area contributed by atoms with Gasteiger partial charge >= 0.3 is 0 Å².